The van der Waals surface area contributed by atoms with E-state index >= 15 is 0 Å². The molecule has 1 aliphatic rings. The van der Waals surface area contributed by atoms with Crippen molar-refractivity contribution in [3.63, 3.8) is 0 Å². The van der Waals surface area contributed by atoms with E-state index in [0.29, 0.717) is 6.42 Å². The number of hydrogen-bond donors (Lipinski definition) is 2. The highest BCUT2D eigenvalue weighted by atomic mass is 16.2. The second-order valence-corrected chi connectivity index (χ2v) is 4.86. The summed E-state index contributed by atoms with van der Waals surface area (Å²) in [5.41, 5.74) is 4.45. The number of nitrogens with zero attached hydrogens (tertiary/aromatic N) is 1. The molecular formula is C14H21N3O. The molecule has 1 amide bonds. The number of rotatable bonds is 6. The molecule has 0 aliphatic heterocycles. The van der Waals surface area contributed by atoms with E-state index in [-0.39, 0.29) is 5.91 Å². The topological polar surface area (TPSA) is 58.4 Å². The molecule has 18 heavy (non-hydrogen) atoms. The molecule has 1 aromatic carbocycles. The van der Waals surface area contributed by atoms with Gasteiger partial charge in [-0.05, 0) is 30.5 Å². The van der Waals surface area contributed by atoms with Crippen LogP contribution in [0, 0.1) is 0 Å². The fraction of sp³-hybridized carbons (Fsp3) is 0.500. The number of hydrogen-bond acceptors (Lipinski definition) is 3. The molecule has 4 nitrogen and oxygen atoms in total. The number of nitrogens with two attached hydrogens (primary N) is 1. The van der Waals surface area contributed by atoms with Crippen molar-refractivity contribution >= 4 is 5.91 Å². The van der Waals surface area contributed by atoms with Gasteiger partial charge in [0.15, 0.2) is 0 Å². The Hall–Kier alpha value is -1.39. The van der Waals surface area contributed by atoms with Crippen molar-refractivity contribution < 1.29 is 4.79 Å². The molecule has 0 radical (unpaired) electrons. The highest BCUT2D eigenvalue weighted by molar-refractivity contribution is 5.77. The van der Waals surface area contributed by atoms with Gasteiger partial charge < -0.3 is 0 Å². The van der Waals surface area contributed by atoms with Crippen LogP contribution in [0.1, 0.15) is 30.9 Å². The molecule has 2 rings (SSSR count). The molecule has 0 unspecified atom stereocenters. The van der Waals surface area contributed by atoms with E-state index in [0.717, 1.165) is 24.7 Å². The summed E-state index contributed by atoms with van der Waals surface area (Å²) in [7, 11) is 0. The van der Waals surface area contributed by atoms with Crippen LogP contribution in [-0.4, -0.2) is 23.4 Å². The summed E-state index contributed by atoms with van der Waals surface area (Å²) in [4.78, 5) is 13.6. The predicted molar refractivity (Wildman–Crippen MR) is 71.6 cm³/mol. The van der Waals surface area contributed by atoms with Crippen LogP contribution in [0.15, 0.2) is 24.3 Å². The first-order chi connectivity index (χ1) is 8.72. The molecule has 3 N–H and O–H groups in total. The van der Waals surface area contributed by atoms with Crippen LogP contribution >= 0.6 is 0 Å². The van der Waals surface area contributed by atoms with Crippen LogP contribution in [0.2, 0.25) is 0 Å². The summed E-state index contributed by atoms with van der Waals surface area (Å²) in [5, 5.41) is 0. The van der Waals surface area contributed by atoms with Crippen LogP contribution in [0.5, 0.6) is 0 Å². The Bertz CT molecular complexity index is 398. The molecule has 1 fully saturated rings. The maximum Gasteiger partial charge on any atom is 0.238 e. The molecule has 0 spiro atoms. The zero-order valence-corrected chi connectivity index (χ0v) is 10.9. The molecule has 0 aromatic heterocycles. The van der Waals surface area contributed by atoms with Gasteiger partial charge in [-0.3, -0.25) is 15.1 Å². The van der Waals surface area contributed by atoms with Gasteiger partial charge in [0.05, 0.1) is 6.42 Å². The van der Waals surface area contributed by atoms with Gasteiger partial charge in [-0.2, -0.15) is 0 Å². The van der Waals surface area contributed by atoms with Crippen LogP contribution in [0.4, 0.5) is 0 Å². The predicted octanol–water partition coefficient (Wildman–Crippen LogP) is 1.20. The number of hydrazine groups is 1. The third-order valence-electron chi connectivity index (χ3n) is 3.40. The molecule has 1 saturated carbocycles. The second kappa shape index (κ2) is 5.98. The number of amides is 1. The molecule has 0 heterocycles. The maximum absolute atomic E-state index is 11.1. The summed E-state index contributed by atoms with van der Waals surface area (Å²) in [6.07, 6.45) is 3.02. The van der Waals surface area contributed by atoms with Gasteiger partial charge in [-0.1, -0.05) is 31.2 Å². The van der Waals surface area contributed by atoms with E-state index in [1.54, 1.807) is 0 Å². The SMILES string of the molecule is CCN(Cc1ccc(CC(=O)NN)cc1)C1CC1. The van der Waals surface area contributed by atoms with Gasteiger partial charge in [0.25, 0.3) is 0 Å². The molecule has 4 heteroatoms. The van der Waals surface area contributed by atoms with Crippen LogP contribution in [0.3, 0.4) is 0 Å². The Morgan fingerprint density at radius 1 is 1.33 bits per heavy atom. The van der Waals surface area contributed by atoms with Gasteiger partial charge in [0, 0.05) is 12.6 Å². The largest absolute Gasteiger partial charge is 0.296 e. The zero-order chi connectivity index (χ0) is 13.0. The first-order valence-electron chi connectivity index (χ1n) is 6.54. The maximum atomic E-state index is 11.1. The van der Waals surface area contributed by atoms with E-state index in [1.807, 2.05) is 12.1 Å². The Morgan fingerprint density at radius 3 is 2.44 bits per heavy atom. The van der Waals surface area contributed by atoms with Crippen molar-refractivity contribution in [3.05, 3.63) is 35.4 Å². The molecule has 1 aliphatic carbocycles. The van der Waals surface area contributed by atoms with E-state index in [4.69, 9.17) is 5.84 Å². The Morgan fingerprint density at radius 2 is 1.94 bits per heavy atom. The smallest absolute Gasteiger partial charge is 0.238 e. The molecule has 98 valence electrons. The monoisotopic (exact) mass is 247 g/mol. The summed E-state index contributed by atoms with van der Waals surface area (Å²) in [6.45, 7) is 4.31. The lowest BCUT2D eigenvalue weighted by Crippen LogP contribution is -2.31. The van der Waals surface area contributed by atoms with Gasteiger partial charge in [-0.15, -0.1) is 0 Å². The van der Waals surface area contributed by atoms with E-state index < -0.39 is 0 Å². The Labute approximate surface area is 108 Å². The number of carbonyl (C=O) groups is 1. The third-order valence-corrected chi connectivity index (χ3v) is 3.40. The average molecular weight is 247 g/mol. The zero-order valence-electron chi connectivity index (χ0n) is 10.9. The lowest BCUT2D eigenvalue weighted by Gasteiger charge is -2.19. The lowest BCUT2D eigenvalue weighted by atomic mass is 10.1. The summed E-state index contributed by atoms with van der Waals surface area (Å²) in [6, 6.07) is 9.00. The fourth-order valence-electron chi connectivity index (χ4n) is 2.17. The number of nitrogens with one attached hydrogen (secondary N) is 1. The normalized spacial score (nSPS) is 14.8. The fourth-order valence-corrected chi connectivity index (χ4v) is 2.17. The van der Waals surface area contributed by atoms with Gasteiger partial charge >= 0.3 is 0 Å². The van der Waals surface area contributed by atoms with E-state index in [2.05, 4.69) is 29.4 Å². The second-order valence-electron chi connectivity index (χ2n) is 4.86. The average Bonchev–Trinajstić information content (AvgIpc) is 3.22. The Kier molecular flexibility index (Phi) is 4.33. The van der Waals surface area contributed by atoms with E-state index in [1.165, 1.54) is 18.4 Å². The molecule has 0 atom stereocenters. The molecule has 0 saturated heterocycles. The number of carbonyl (C=O) groups excluding carboxylic acids is 1. The van der Waals surface area contributed by atoms with Gasteiger partial charge in [0.2, 0.25) is 5.91 Å². The number of benzene rings is 1. The van der Waals surface area contributed by atoms with Crippen molar-refractivity contribution in [3.8, 4) is 0 Å². The van der Waals surface area contributed by atoms with Crippen LogP contribution in [0.25, 0.3) is 0 Å². The van der Waals surface area contributed by atoms with Crippen molar-refractivity contribution in [1.82, 2.24) is 10.3 Å². The van der Waals surface area contributed by atoms with Crippen LogP contribution in [-0.2, 0) is 17.8 Å². The minimum atomic E-state index is -0.157. The van der Waals surface area contributed by atoms with Crippen LogP contribution < -0.4 is 11.3 Å². The molecule has 1 aromatic rings. The molecule has 0 bridgehead atoms. The first kappa shape index (κ1) is 13.1. The Balaban J connectivity index is 1.92. The quantitative estimate of drug-likeness (QED) is 0.451. The first-order valence-corrected chi connectivity index (χ1v) is 6.54. The van der Waals surface area contributed by atoms with Crippen molar-refractivity contribution in [2.45, 2.75) is 38.8 Å². The van der Waals surface area contributed by atoms with Gasteiger partial charge in [0.1, 0.15) is 0 Å². The molecular weight excluding hydrogens is 226 g/mol. The van der Waals surface area contributed by atoms with Crippen molar-refractivity contribution in [1.29, 1.82) is 0 Å². The summed E-state index contributed by atoms with van der Waals surface area (Å²) >= 11 is 0. The van der Waals surface area contributed by atoms with Crippen molar-refractivity contribution in [2.24, 2.45) is 5.84 Å². The minimum absolute atomic E-state index is 0.157. The summed E-state index contributed by atoms with van der Waals surface area (Å²) in [5.74, 6) is 4.91. The highest BCUT2D eigenvalue weighted by Crippen LogP contribution is 2.27. The standard InChI is InChI=1S/C14H21N3O/c1-2-17(13-7-8-13)10-12-5-3-11(4-6-12)9-14(18)16-15/h3-6,13H,2,7-10,15H2,1H3,(H,16,18). The highest BCUT2D eigenvalue weighted by Gasteiger charge is 2.27. The third kappa shape index (κ3) is 3.55. The van der Waals surface area contributed by atoms with Gasteiger partial charge in [-0.25, -0.2) is 5.84 Å². The minimum Gasteiger partial charge on any atom is -0.296 e. The lowest BCUT2D eigenvalue weighted by molar-refractivity contribution is -0.120. The summed E-state index contributed by atoms with van der Waals surface area (Å²) < 4.78 is 0. The van der Waals surface area contributed by atoms with E-state index in [9.17, 15) is 4.79 Å². The van der Waals surface area contributed by atoms with Crippen molar-refractivity contribution in [2.75, 3.05) is 6.54 Å².